The minimum Gasteiger partial charge on any atom is -0.454 e. The second-order valence-electron chi connectivity index (χ2n) is 6.75. The van der Waals surface area contributed by atoms with Gasteiger partial charge in [-0.1, -0.05) is 6.07 Å². The predicted octanol–water partition coefficient (Wildman–Crippen LogP) is 5.75. The number of ether oxygens (including phenoxy) is 1. The second kappa shape index (κ2) is 9.04. The number of urea groups is 1. The van der Waals surface area contributed by atoms with E-state index in [-0.39, 0.29) is 11.4 Å². The van der Waals surface area contributed by atoms with Crippen LogP contribution in [0.25, 0.3) is 0 Å². The van der Waals surface area contributed by atoms with Crippen LogP contribution in [-0.4, -0.2) is 11.9 Å². The smallest absolute Gasteiger partial charge is 0.326 e. The lowest BCUT2D eigenvalue weighted by molar-refractivity contribution is 0.0959. The SMILES string of the molecule is Cc1cc(NC(=O)NC(=O)c2c(F)cccc2F)cc(C)c1Oc1cc(F)cc(F)c1F. The maximum atomic E-state index is 13.9. The molecule has 2 N–H and O–H groups in total. The molecule has 166 valence electrons. The highest BCUT2D eigenvalue weighted by molar-refractivity contribution is 6.08. The molecule has 0 spiro atoms. The van der Waals surface area contributed by atoms with E-state index in [0.29, 0.717) is 23.3 Å². The van der Waals surface area contributed by atoms with Gasteiger partial charge in [0.1, 0.15) is 28.8 Å². The fourth-order valence-electron chi connectivity index (χ4n) is 2.94. The van der Waals surface area contributed by atoms with Crippen molar-refractivity contribution in [3.63, 3.8) is 0 Å². The lowest BCUT2D eigenvalue weighted by atomic mass is 10.1. The van der Waals surface area contributed by atoms with Crippen LogP contribution in [0.3, 0.4) is 0 Å². The molecule has 0 unspecified atom stereocenters. The van der Waals surface area contributed by atoms with Crippen molar-refractivity contribution in [2.75, 3.05) is 5.32 Å². The quantitative estimate of drug-likeness (QED) is 0.393. The molecule has 0 bridgehead atoms. The van der Waals surface area contributed by atoms with E-state index in [1.54, 1.807) is 5.32 Å². The number of imide groups is 1. The molecule has 0 aliphatic heterocycles. The molecule has 10 heteroatoms. The molecule has 0 aliphatic rings. The minimum atomic E-state index is -1.42. The van der Waals surface area contributed by atoms with Gasteiger partial charge < -0.3 is 10.1 Å². The summed E-state index contributed by atoms with van der Waals surface area (Å²) >= 11 is 0. The van der Waals surface area contributed by atoms with Gasteiger partial charge in [0.05, 0.1) is 0 Å². The fraction of sp³-hybridized carbons (Fsp3) is 0.0909. The summed E-state index contributed by atoms with van der Waals surface area (Å²) in [7, 11) is 0. The van der Waals surface area contributed by atoms with Crippen LogP contribution < -0.4 is 15.4 Å². The molecule has 0 saturated heterocycles. The van der Waals surface area contributed by atoms with Gasteiger partial charge in [-0.25, -0.2) is 22.4 Å². The van der Waals surface area contributed by atoms with Crippen molar-refractivity contribution in [1.29, 1.82) is 0 Å². The van der Waals surface area contributed by atoms with E-state index in [1.807, 2.05) is 0 Å². The average Bonchev–Trinajstić information content (AvgIpc) is 2.68. The highest BCUT2D eigenvalue weighted by atomic mass is 19.2. The fourth-order valence-corrected chi connectivity index (χ4v) is 2.94. The average molecular weight is 450 g/mol. The van der Waals surface area contributed by atoms with Gasteiger partial charge in [0.25, 0.3) is 5.91 Å². The zero-order chi connectivity index (χ0) is 23.6. The normalized spacial score (nSPS) is 10.6. The Balaban J connectivity index is 1.77. The Bertz CT molecular complexity index is 1190. The van der Waals surface area contributed by atoms with Gasteiger partial charge in [-0.3, -0.25) is 10.1 Å². The molecule has 0 aromatic heterocycles. The molecule has 3 aromatic rings. The van der Waals surface area contributed by atoms with Gasteiger partial charge >= 0.3 is 6.03 Å². The third-order valence-electron chi connectivity index (χ3n) is 4.31. The Labute approximate surface area is 178 Å². The summed E-state index contributed by atoms with van der Waals surface area (Å²) in [6, 6.07) is 5.56. The van der Waals surface area contributed by atoms with Crippen LogP contribution in [0.15, 0.2) is 42.5 Å². The van der Waals surface area contributed by atoms with E-state index < -0.39 is 52.3 Å². The van der Waals surface area contributed by atoms with Crippen LogP contribution in [0.1, 0.15) is 21.5 Å². The van der Waals surface area contributed by atoms with Crippen LogP contribution in [0.5, 0.6) is 11.5 Å². The molecule has 32 heavy (non-hydrogen) atoms. The molecule has 3 amide bonds. The molecule has 0 saturated carbocycles. The Kier molecular flexibility index (Phi) is 6.42. The molecule has 5 nitrogen and oxygen atoms in total. The van der Waals surface area contributed by atoms with E-state index in [4.69, 9.17) is 4.74 Å². The molecule has 0 radical (unpaired) electrons. The highest BCUT2D eigenvalue weighted by Crippen LogP contribution is 2.33. The number of benzene rings is 3. The van der Waals surface area contributed by atoms with Crippen molar-refractivity contribution >= 4 is 17.6 Å². The second-order valence-corrected chi connectivity index (χ2v) is 6.75. The summed E-state index contributed by atoms with van der Waals surface area (Å²) in [5, 5.41) is 4.12. The number of hydrogen-bond donors (Lipinski definition) is 2. The number of rotatable bonds is 4. The van der Waals surface area contributed by atoms with Crippen molar-refractivity contribution < 1.29 is 36.3 Å². The van der Waals surface area contributed by atoms with Gasteiger partial charge in [-0.05, 0) is 49.2 Å². The first kappa shape index (κ1) is 22.7. The first-order valence-corrected chi connectivity index (χ1v) is 9.06. The standard InChI is InChI=1S/C22H15F5N2O3/c1-10-6-13(28-22(31)29-21(30)18-14(24)4-3-5-15(18)25)7-11(2)20(10)32-17-9-12(23)8-16(26)19(17)27/h3-9H,1-2H3,(H2,28,29,30,31). The van der Waals surface area contributed by atoms with Crippen molar-refractivity contribution in [3.05, 3.63) is 88.2 Å². The molecule has 3 rings (SSSR count). The number of hydrogen-bond acceptors (Lipinski definition) is 3. The topological polar surface area (TPSA) is 67.4 Å². The van der Waals surface area contributed by atoms with Gasteiger partial charge in [0.2, 0.25) is 5.82 Å². The summed E-state index contributed by atoms with van der Waals surface area (Å²) in [5.41, 5.74) is -0.0349. The monoisotopic (exact) mass is 450 g/mol. The Morgan fingerprint density at radius 3 is 2.03 bits per heavy atom. The molecule has 0 aliphatic carbocycles. The Morgan fingerprint density at radius 2 is 1.44 bits per heavy atom. The van der Waals surface area contributed by atoms with Gasteiger partial charge in [0.15, 0.2) is 11.6 Å². The number of carbonyl (C=O) groups excluding carboxylic acids is 2. The largest absolute Gasteiger partial charge is 0.454 e. The maximum absolute atomic E-state index is 13.9. The zero-order valence-electron chi connectivity index (χ0n) is 16.7. The van der Waals surface area contributed by atoms with E-state index in [2.05, 4.69) is 5.32 Å². The first-order chi connectivity index (χ1) is 15.1. The van der Waals surface area contributed by atoms with Crippen LogP contribution in [0.4, 0.5) is 32.4 Å². The number of aryl methyl sites for hydroxylation is 2. The van der Waals surface area contributed by atoms with Crippen LogP contribution >= 0.6 is 0 Å². The molecule has 0 heterocycles. The molecular formula is C22H15F5N2O3. The number of nitrogens with one attached hydrogen (secondary N) is 2. The van der Waals surface area contributed by atoms with Crippen molar-refractivity contribution in [2.45, 2.75) is 13.8 Å². The van der Waals surface area contributed by atoms with Crippen LogP contribution in [-0.2, 0) is 0 Å². The van der Waals surface area contributed by atoms with Crippen molar-refractivity contribution in [2.24, 2.45) is 0 Å². The predicted molar refractivity (Wildman–Crippen MR) is 105 cm³/mol. The summed E-state index contributed by atoms with van der Waals surface area (Å²) in [6.07, 6.45) is 0. The third-order valence-corrected chi connectivity index (χ3v) is 4.31. The van der Waals surface area contributed by atoms with Crippen LogP contribution in [0.2, 0.25) is 0 Å². The lowest BCUT2D eigenvalue weighted by Crippen LogP contribution is -2.35. The third kappa shape index (κ3) is 4.85. The number of amides is 3. The summed E-state index contributed by atoms with van der Waals surface area (Å²) in [4.78, 5) is 24.1. The number of carbonyl (C=O) groups is 2. The summed E-state index contributed by atoms with van der Waals surface area (Å²) < 4.78 is 73.3. The van der Waals surface area contributed by atoms with Gasteiger partial charge in [0, 0.05) is 17.8 Å². The Morgan fingerprint density at radius 1 is 0.844 bits per heavy atom. The molecule has 0 fully saturated rings. The van der Waals surface area contributed by atoms with E-state index in [9.17, 15) is 31.5 Å². The van der Waals surface area contributed by atoms with E-state index in [1.165, 1.54) is 26.0 Å². The minimum absolute atomic E-state index is 0.0874. The van der Waals surface area contributed by atoms with Crippen molar-refractivity contribution in [1.82, 2.24) is 5.32 Å². The van der Waals surface area contributed by atoms with E-state index >= 15 is 0 Å². The van der Waals surface area contributed by atoms with Crippen molar-refractivity contribution in [3.8, 4) is 11.5 Å². The maximum Gasteiger partial charge on any atom is 0.326 e. The van der Waals surface area contributed by atoms with Crippen LogP contribution in [0, 0.1) is 42.9 Å². The Hall–Kier alpha value is -3.95. The summed E-state index contributed by atoms with van der Waals surface area (Å²) in [6.45, 7) is 3.05. The molecule has 0 atom stereocenters. The number of anilines is 1. The molecule has 3 aromatic carbocycles. The number of halogens is 5. The van der Waals surface area contributed by atoms with E-state index in [0.717, 1.165) is 18.2 Å². The highest BCUT2D eigenvalue weighted by Gasteiger charge is 2.20. The lowest BCUT2D eigenvalue weighted by Gasteiger charge is -2.15. The molecular weight excluding hydrogens is 435 g/mol. The zero-order valence-corrected chi connectivity index (χ0v) is 16.7. The van der Waals surface area contributed by atoms with Gasteiger partial charge in [-0.15, -0.1) is 0 Å². The van der Waals surface area contributed by atoms with Gasteiger partial charge in [-0.2, -0.15) is 4.39 Å². The summed E-state index contributed by atoms with van der Waals surface area (Å²) in [5.74, 6) is -7.94. The first-order valence-electron chi connectivity index (χ1n) is 9.06.